The minimum absolute atomic E-state index is 0.122. The topological polar surface area (TPSA) is 75.3 Å². The van der Waals surface area contributed by atoms with Crippen LogP contribution in [0.1, 0.15) is 26.7 Å². The molecule has 0 fully saturated rings. The van der Waals surface area contributed by atoms with Crippen molar-refractivity contribution < 1.29 is 13.2 Å². The Labute approximate surface area is 124 Å². The monoisotopic (exact) mass is 318 g/mol. The highest BCUT2D eigenvalue weighted by atomic mass is 35.5. The molecular formula is C13H19ClN2O3S. The van der Waals surface area contributed by atoms with Crippen LogP contribution in [-0.4, -0.2) is 26.2 Å². The number of carbonyl (C=O) groups excluding carboxylic acids is 1. The Morgan fingerprint density at radius 2 is 1.90 bits per heavy atom. The number of benzene rings is 1. The van der Waals surface area contributed by atoms with Crippen LogP contribution in [0.5, 0.6) is 0 Å². The summed E-state index contributed by atoms with van der Waals surface area (Å²) in [5.74, 6) is 0.0465. The fourth-order valence-corrected chi connectivity index (χ4v) is 2.94. The van der Waals surface area contributed by atoms with Crippen LogP contribution in [-0.2, 0) is 14.8 Å². The van der Waals surface area contributed by atoms with E-state index in [1.54, 1.807) is 19.1 Å². The van der Waals surface area contributed by atoms with Crippen molar-refractivity contribution in [3.63, 3.8) is 0 Å². The summed E-state index contributed by atoms with van der Waals surface area (Å²) in [5.41, 5.74) is 0.544. The van der Waals surface area contributed by atoms with E-state index >= 15 is 0 Å². The zero-order valence-corrected chi connectivity index (χ0v) is 13.1. The normalized spacial score (nSPS) is 12.9. The number of sulfonamides is 1. The highest BCUT2D eigenvalue weighted by Crippen LogP contribution is 2.15. The SMILES string of the molecule is CCC(C)NS(=O)(=O)c1ccc(NC(=O)CCCl)cc1. The third-order valence-corrected chi connectivity index (χ3v) is 4.53. The van der Waals surface area contributed by atoms with Crippen molar-refractivity contribution in [1.82, 2.24) is 4.72 Å². The van der Waals surface area contributed by atoms with E-state index < -0.39 is 10.0 Å². The average molecular weight is 319 g/mol. The minimum atomic E-state index is -3.51. The van der Waals surface area contributed by atoms with Crippen molar-refractivity contribution in [1.29, 1.82) is 0 Å². The van der Waals surface area contributed by atoms with Gasteiger partial charge in [0.1, 0.15) is 0 Å². The maximum absolute atomic E-state index is 12.0. The first-order valence-corrected chi connectivity index (χ1v) is 8.39. The summed E-state index contributed by atoms with van der Waals surface area (Å²) in [6.45, 7) is 3.71. The summed E-state index contributed by atoms with van der Waals surface area (Å²) in [5, 5.41) is 2.63. The third-order valence-electron chi connectivity index (χ3n) is 2.74. The van der Waals surface area contributed by atoms with Gasteiger partial charge in [0.15, 0.2) is 0 Å². The summed E-state index contributed by atoms with van der Waals surface area (Å²) in [4.78, 5) is 11.5. The first kappa shape index (κ1) is 16.9. The van der Waals surface area contributed by atoms with E-state index in [0.29, 0.717) is 12.1 Å². The fourth-order valence-electron chi connectivity index (χ4n) is 1.44. The molecule has 0 bridgehead atoms. The second-order valence-corrected chi connectivity index (χ2v) is 6.53. The average Bonchev–Trinajstić information content (AvgIpc) is 2.39. The molecule has 1 aromatic carbocycles. The molecule has 112 valence electrons. The lowest BCUT2D eigenvalue weighted by atomic mass is 10.3. The number of carbonyl (C=O) groups is 1. The van der Waals surface area contributed by atoms with Crippen LogP contribution >= 0.6 is 11.6 Å². The van der Waals surface area contributed by atoms with Crippen molar-refractivity contribution >= 4 is 33.2 Å². The molecule has 0 saturated heterocycles. The van der Waals surface area contributed by atoms with Crippen molar-refractivity contribution in [3.05, 3.63) is 24.3 Å². The Morgan fingerprint density at radius 1 is 1.30 bits per heavy atom. The van der Waals surface area contributed by atoms with Gasteiger partial charge < -0.3 is 5.32 Å². The lowest BCUT2D eigenvalue weighted by molar-refractivity contribution is -0.115. The number of halogens is 1. The summed E-state index contributed by atoms with van der Waals surface area (Å²) in [7, 11) is -3.51. The number of alkyl halides is 1. The Balaban J connectivity index is 2.78. The molecule has 0 heterocycles. The maximum atomic E-state index is 12.0. The Bertz CT molecular complexity index is 543. The number of amides is 1. The highest BCUT2D eigenvalue weighted by molar-refractivity contribution is 7.89. The van der Waals surface area contributed by atoms with E-state index in [4.69, 9.17) is 11.6 Å². The van der Waals surface area contributed by atoms with Gasteiger partial charge in [0.2, 0.25) is 15.9 Å². The molecule has 1 rings (SSSR count). The van der Waals surface area contributed by atoms with Gasteiger partial charge in [-0.1, -0.05) is 6.92 Å². The van der Waals surface area contributed by atoms with Crippen molar-refractivity contribution in [2.24, 2.45) is 0 Å². The van der Waals surface area contributed by atoms with Crippen LogP contribution in [0.2, 0.25) is 0 Å². The smallest absolute Gasteiger partial charge is 0.240 e. The molecule has 1 amide bonds. The molecule has 7 heteroatoms. The molecule has 0 spiro atoms. The van der Waals surface area contributed by atoms with E-state index in [1.807, 2.05) is 6.92 Å². The van der Waals surface area contributed by atoms with Gasteiger partial charge in [-0.15, -0.1) is 11.6 Å². The minimum Gasteiger partial charge on any atom is -0.326 e. The summed E-state index contributed by atoms with van der Waals surface area (Å²) >= 11 is 5.46. The Kier molecular flexibility index (Phi) is 6.45. The summed E-state index contributed by atoms with van der Waals surface area (Å²) in [6.07, 6.45) is 0.934. The van der Waals surface area contributed by atoms with Crippen LogP contribution in [0.15, 0.2) is 29.2 Å². The quantitative estimate of drug-likeness (QED) is 0.758. The molecule has 1 unspecified atom stereocenters. The number of hydrogen-bond donors (Lipinski definition) is 2. The number of rotatable bonds is 7. The van der Waals surface area contributed by atoms with Gasteiger partial charge >= 0.3 is 0 Å². The molecule has 0 aliphatic heterocycles. The first-order chi connectivity index (χ1) is 9.39. The molecule has 0 radical (unpaired) electrons. The number of hydrogen-bond acceptors (Lipinski definition) is 3. The fraction of sp³-hybridized carbons (Fsp3) is 0.462. The van der Waals surface area contributed by atoms with Crippen molar-refractivity contribution in [2.45, 2.75) is 37.6 Å². The van der Waals surface area contributed by atoms with Gasteiger partial charge in [0, 0.05) is 24.0 Å². The van der Waals surface area contributed by atoms with E-state index in [0.717, 1.165) is 0 Å². The largest absolute Gasteiger partial charge is 0.326 e. The van der Waals surface area contributed by atoms with E-state index in [1.165, 1.54) is 12.1 Å². The molecular weight excluding hydrogens is 300 g/mol. The zero-order valence-electron chi connectivity index (χ0n) is 11.5. The van der Waals surface area contributed by atoms with Gasteiger partial charge in [-0.25, -0.2) is 13.1 Å². The predicted octanol–water partition coefficient (Wildman–Crippen LogP) is 2.33. The van der Waals surface area contributed by atoms with Gasteiger partial charge in [-0.05, 0) is 37.6 Å². The molecule has 1 atom stereocenters. The van der Waals surface area contributed by atoms with Gasteiger partial charge in [0.25, 0.3) is 0 Å². The van der Waals surface area contributed by atoms with Crippen LogP contribution in [0.4, 0.5) is 5.69 Å². The van der Waals surface area contributed by atoms with Gasteiger partial charge in [0.05, 0.1) is 4.90 Å². The molecule has 0 saturated carbocycles. The van der Waals surface area contributed by atoms with Gasteiger partial charge in [-0.2, -0.15) is 0 Å². The van der Waals surface area contributed by atoms with Crippen LogP contribution in [0, 0.1) is 0 Å². The van der Waals surface area contributed by atoms with E-state index in [9.17, 15) is 13.2 Å². The zero-order chi connectivity index (χ0) is 15.2. The maximum Gasteiger partial charge on any atom is 0.240 e. The van der Waals surface area contributed by atoms with Crippen LogP contribution in [0.25, 0.3) is 0 Å². The molecule has 0 aliphatic carbocycles. The van der Waals surface area contributed by atoms with Gasteiger partial charge in [-0.3, -0.25) is 4.79 Å². The van der Waals surface area contributed by atoms with Crippen molar-refractivity contribution in [2.75, 3.05) is 11.2 Å². The third kappa shape index (κ3) is 5.11. The Morgan fingerprint density at radius 3 is 2.40 bits per heavy atom. The van der Waals surface area contributed by atoms with Crippen molar-refractivity contribution in [3.8, 4) is 0 Å². The standard InChI is InChI=1S/C13H19ClN2O3S/c1-3-10(2)16-20(18,19)12-6-4-11(5-7-12)15-13(17)8-9-14/h4-7,10,16H,3,8-9H2,1-2H3,(H,15,17). The molecule has 1 aromatic rings. The number of anilines is 1. The lowest BCUT2D eigenvalue weighted by Crippen LogP contribution is -2.31. The second kappa shape index (κ2) is 7.61. The first-order valence-electron chi connectivity index (χ1n) is 6.37. The Hall–Kier alpha value is -1.11. The van der Waals surface area contributed by atoms with Crippen LogP contribution < -0.4 is 10.0 Å². The highest BCUT2D eigenvalue weighted by Gasteiger charge is 2.16. The summed E-state index contributed by atoms with van der Waals surface area (Å²) in [6, 6.07) is 5.90. The molecule has 0 aromatic heterocycles. The molecule has 20 heavy (non-hydrogen) atoms. The number of nitrogens with one attached hydrogen (secondary N) is 2. The predicted molar refractivity (Wildman–Crippen MR) is 80.5 cm³/mol. The second-order valence-electron chi connectivity index (χ2n) is 4.44. The molecule has 5 nitrogen and oxygen atoms in total. The van der Waals surface area contributed by atoms with Crippen LogP contribution in [0.3, 0.4) is 0 Å². The van der Waals surface area contributed by atoms with E-state index in [-0.39, 0.29) is 29.1 Å². The van der Waals surface area contributed by atoms with E-state index in [2.05, 4.69) is 10.0 Å². The molecule has 2 N–H and O–H groups in total. The molecule has 0 aliphatic rings. The lowest BCUT2D eigenvalue weighted by Gasteiger charge is -2.12. The summed E-state index contributed by atoms with van der Waals surface area (Å²) < 4.78 is 26.6.